The van der Waals surface area contributed by atoms with Crippen molar-refractivity contribution in [2.24, 2.45) is 0 Å². The van der Waals surface area contributed by atoms with Crippen LogP contribution in [0.1, 0.15) is 25.3 Å². The zero-order chi connectivity index (χ0) is 17.0. The summed E-state index contributed by atoms with van der Waals surface area (Å²) in [6, 6.07) is 5.01. The number of likely N-dealkylation sites (N-methyl/N-ethyl adjacent to an activating group) is 1. The Kier molecular flexibility index (Phi) is 5.51. The highest BCUT2D eigenvalue weighted by Crippen LogP contribution is 2.36. The highest BCUT2D eigenvalue weighted by molar-refractivity contribution is 5.81. The average molecular weight is 330 g/mol. The number of carbonyl (C=O) groups is 1. The molecule has 0 bridgehead atoms. The van der Waals surface area contributed by atoms with E-state index in [-0.39, 0.29) is 17.7 Å². The van der Waals surface area contributed by atoms with Gasteiger partial charge in [0.15, 0.2) is 6.10 Å². The molecule has 0 saturated carbocycles. The van der Waals surface area contributed by atoms with Gasteiger partial charge in [-0.15, -0.1) is 0 Å². The summed E-state index contributed by atoms with van der Waals surface area (Å²) < 4.78 is 44.3. The van der Waals surface area contributed by atoms with Gasteiger partial charge in [-0.1, -0.05) is 12.1 Å². The van der Waals surface area contributed by atoms with Gasteiger partial charge in [0.25, 0.3) is 5.91 Å². The lowest BCUT2D eigenvalue weighted by molar-refractivity contribution is -0.143. The molecule has 0 aliphatic carbocycles. The Morgan fingerprint density at radius 1 is 1.43 bits per heavy atom. The van der Waals surface area contributed by atoms with Crippen LogP contribution < -0.4 is 10.1 Å². The molecule has 7 heteroatoms. The highest BCUT2D eigenvalue weighted by atomic mass is 19.4. The highest BCUT2D eigenvalue weighted by Gasteiger charge is 2.36. The van der Waals surface area contributed by atoms with Gasteiger partial charge in [-0.05, 0) is 38.9 Å². The number of ether oxygens (including phenoxy) is 1. The number of para-hydroxylation sites is 1. The predicted molar refractivity (Wildman–Crippen MR) is 80.2 cm³/mol. The lowest BCUT2D eigenvalue weighted by Crippen LogP contribution is -2.46. The van der Waals surface area contributed by atoms with E-state index in [9.17, 15) is 18.0 Å². The standard InChI is InChI=1S/C16H21F3N2O2/c1-11(15(22)21-9-5-6-12(21)10-20-2)23-14-8-4-3-7-13(14)16(17,18)19/h3-4,7-8,11-12,20H,5-6,9-10H2,1-2H3. The van der Waals surface area contributed by atoms with Gasteiger partial charge in [-0.2, -0.15) is 13.2 Å². The summed E-state index contributed by atoms with van der Waals surface area (Å²) in [6.45, 7) is 2.77. The summed E-state index contributed by atoms with van der Waals surface area (Å²) in [5.41, 5.74) is -0.868. The van der Waals surface area contributed by atoms with E-state index in [4.69, 9.17) is 4.74 Å². The molecule has 1 fully saturated rings. The molecule has 1 saturated heterocycles. The van der Waals surface area contributed by atoms with Crippen LogP contribution in [0.4, 0.5) is 13.2 Å². The Morgan fingerprint density at radius 3 is 2.78 bits per heavy atom. The maximum Gasteiger partial charge on any atom is 0.419 e. The molecule has 1 aliphatic rings. The first-order valence-corrected chi connectivity index (χ1v) is 7.62. The van der Waals surface area contributed by atoms with Crippen LogP contribution >= 0.6 is 0 Å². The van der Waals surface area contributed by atoms with Gasteiger partial charge in [0.2, 0.25) is 0 Å². The number of amides is 1. The van der Waals surface area contributed by atoms with Crippen molar-refractivity contribution < 1.29 is 22.7 Å². The predicted octanol–water partition coefficient (Wildman–Crippen LogP) is 2.68. The van der Waals surface area contributed by atoms with Crippen molar-refractivity contribution in [2.75, 3.05) is 20.1 Å². The van der Waals surface area contributed by atoms with Gasteiger partial charge in [0, 0.05) is 19.1 Å². The van der Waals surface area contributed by atoms with Gasteiger partial charge >= 0.3 is 6.18 Å². The first kappa shape index (κ1) is 17.6. The van der Waals surface area contributed by atoms with Crippen molar-refractivity contribution in [3.05, 3.63) is 29.8 Å². The third kappa shape index (κ3) is 4.16. The normalized spacial score (nSPS) is 19.7. The molecule has 1 aromatic carbocycles. The maximum atomic E-state index is 13.0. The summed E-state index contributed by atoms with van der Waals surface area (Å²) in [6.07, 6.45) is -3.69. The lowest BCUT2D eigenvalue weighted by Gasteiger charge is -2.28. The molecule has 1 aliphatic heterocycles. The fourth-order valence-corrected chi connectivity index (χ4v) is 2.85. The first-order valence-electron chi connectivity index (χ1n) is 7.62. The molecule has 1 aromatic rings. The van der Waals surface area contributed by atoms with Gasteiger partial charge < -0.3 is 15.0 Å². The average Bonchev–Trinajstić information content (AvgIpc) is 2.94. The molecule has 2 rings (SSSR count). The minimum atomic E-state index is -4.51. The van der Waals surface area contributed by atoms with Gasteiger partial charge in [0.05, 0.1) is 5.56 Å². The third-order valence-corrected chi connectivity index (χ3v) is 3.94. The van der Waals surface area contributed by atoms with Crippen LogP contribution in [-0.4, -0.2) is 43.1 Å². The monoisotopic (exact) mass is 330 g/mol. The molecular weight excluding hydrogens is 309 g/mol. The molecular formula is C16H21F3N2O2. The van der Waals surface area contributed by atoms with E-state index in [1.807, 2.05) is 0 Å². The zero-order valence-corrected chi connectivity index (χ0v) is 13.2. The van der Waals surface area contributed by atoms with E-state index in [2.05, 4.69) is 5.32 Å². The van der Waals surface area contributed by atoms with Crippen LogP contribution in [0.2, 0.25) is 0 Å². The van der Waals surface area contributed by atoms with E-state index in [1.54, 1.807) is 11.9 Å². The molecule has 0 spiro atoms. The SMILES string of the molecule is CNCC1CCCN1C(=O)C(C)Oc1ccccc1C(F)(F)F. The Labute approximate surface area is 133 Å². The number of hydrogen-bond donors (Lipinski definition) is 1. The molecule has 128 valence electrons. The van der Waals surface area contributed by atoms with Gasteiger partial charge in [-0.3, -0.25) is 4.79 Å². The second-order valence-corrected chi connectivity index (χ2v) is 5.64. The molecule has 1 amide bonds. The molecule has 4 nitrogen and oxygen atoms in total. The van der Waals surface area contributed by atoms with E-state index in [0.29, 0.717) is 13.1 Å². The minimum absolute atomic E-state index is 0.0661. The van der Waals surface area contributed by atoms with Crippen molar-refractivity contribution in [3.63, 3.8) is 0 Å². The van der Waals surface area contributed by atoms with E-state index in [0.717, 1.165) is 18.9 Å². The molecule has 1 N–H and O–H groups in total. The molecule has 0 aromatic heterocycles. The number of carbonyl (C=O) groups excluding carboxylic acids is 1. The Hall–Kier alpha value is -1.76. The largest absolute Gasteiger partial charge is 0.480 e. The number of hydrogen-bond acceptors (Lipinski definition) is 3. The molecule has 2 unspecified atom stereocenters. The summed E-state index contributed by atoms with van der Waals surface area (Å²) in [4.78, 5) is 14.2. The number of halogens is 3. The molecule has 0 radical (unpaired) electrons. The topological polar surface area (TPSA) is 41.6 Å². The Bertz CT molecular complexity index is 548. The summed E-state index contributed by atoms with van der Waals surface area (Å²) in [5.74, 6) is -0.593. The third-order valence-electron chi connectivity index (χ3n) is 3.94. The maximum absolute atomic E-state index is 13.0. The molecule has 2 atom stereocenters. The Balaban J connectivity index is 2.10. The van der Waals surface area contributed by atoms with Crippen LogP contribution in [0.15, 0.2) is 24.3 Å². The van der Waals surface area contributed by atoms with Crippen molar-refractivity contribution in [3.8, 4) is 5.75 Å². The number of rotatable bonds is 5. The van der Waals surface area contributed by atoms with Crippen molar-refractivity contribution in [1.29, 1.82) is 0 Å². The van der Waals surface area contributed by atoms with Crippen LogP contribution in [0, 0.1) is 0 Å². The van der Waals surface area contributed by atoms with Crippen LogP contribution in [-0.2, 0) is 11.0 Å². The smallest absolute Gasteiger partial charge is 0.419 e. The zero-order valence-electron chi connectivity index (χ0n) is 13.2. The van der Waals surface area contributed by atoms with E-state index >= 15 is 0 Å². The molecule has 23 heavy (non-hydrogen) atoms. The van der Waals surface area contributed by atoms with Crippen molar-refractivity contribution in [1.82, 2.24) is 10.2 Å². The second-order valence-electron chi connectivity index (χ2n) is 5.64. The first-order chi connectivity index (χ1) is 10.8. The Morgan fingerprint density at radius 2 is 2.13 bits per heavy atom. The molecule has 1 heterocycles. The summed E-state index contributed by atoms with van der Waals surface area (Å²) >= 11 is 0. The number of likely N-dealkylation sites (tertiary alicyclic amines) is 1. The van der Waals surface area contributed by atoms with Crippen LogP contribution in [0.5, 0.6) is 5.75 Å². The van der Waals surface area contributed by atoms with E-state index < -0.39 is 17.8 Å². The lowest BCUT2D eigenvalue weighted by atomic mass is 10.2. The minimum Gasteiger partial charge on any atom is -0.480 e. The second kappa shape index (κ2) is 7.21. The number of nitrogens with one attached hydrogen (secondary N) is 1. The quantitative estimate of drug-likeness (QED) is 0.902. The van der Waals surface area contributed by atoms with Crippen molar-refractivity contribution >= 4 is 5.91 Å². The van der Waals surface area contributed by atoms with Crippen LogP contribution in [0.25, 0.3) is 0 Å². The van der Waals surface area contributed by atoms with Crippen LogP contribution in [0.3, 0.4) is 0 Å². The number of nitrogens with zero attached hydrogens (tertiary/aromatic N) is 1. The fraction of sp³-hybridized carbons (Fsp3) is 0.562. The summed E-state index contributed by atoms with van der Waals surface area (Å²) in [7, 11) is 1.81. The number of alkyl halides is 3. The van der Waals surface area contributed by atoms with Gasteiger partial charge in [-0.25, -0.2) is 0 Å². The van der Waals surface area contributed by atoms with E-state index in [1.165, 1.54) is 25.1 Å². The fourth-order valence-electron chi connectivity index (χ4n) is 2.85. The van der Waals surface area contributed by atoms with Gasteiger partial charge in [0.1, 0.15) is 5.75 Å². The summed E-state index contributed by atoms with van der Waals surface area (Å²) in [5, 5.41) is 3.03. The van der Waals surface area contributed by atoms with Crippen molar-refractivity contribution in [2.45, 2.75) is 38.1 Å². The number of benzene rings is 1.